The van der Waals surface area contributed by atoms with Crippen LogP contribution in [0.3, 0.4) is 0 Å². The number of carbonyl (C=O) groups is 2. The van der Waals surface area contributed by atoms with Crippen LogP contribution in [0.4, 0.5) is 0 Å². The SMILES string of the molecule is CCOC(=O)[C@@]1(C(C)C)C(=O)N(Cc2ccccc2)[C@H]1c1ccc(OC)cc1. The molecule has 1 fully saturated rings. The van der Waals surface area contributed by atoms with Gasteiger partial charge in [-0.3, -0.25) is 9.59 Å². The first kappa shape index (κ1) is 19.9. The Labute approximate surface area is 166 Å². The van der Waals surface area contributed by atoms with E-state index in [-0.39, 0.29) is 24.5 Å². The molecule has 0 aliphatic carbocycles. The van der Waals surface area contributed by atoms with Crippen molar-refractivity contribution >= 4 is 11.9 Å². The number of hydrogen-bond donors (Lipinski definition) is 0. The molecule has 5 nitrogen and oxygen atoms in total. The molecule has 0 N–H and O–H groups in total. The van der Waals surface area contributed by atoms with E-state index in [9.17, 15) is 9.59 Å². The highest BCUT2D eigenvalue weighted by Gasteiger charge is 2.68. The molecule has 2 aromatic carbocycles. The molecule has 148 valence electrons. The third-order valence-corrected chi connectivity index (χ3v) is 5.51. The number of likely N-dealkylation sites (tertiary alicyclic amines) is 1. The average Bonchev–Trinajstić information content (AvgIpc) is 2.70. The maximum Gasteiger partial charge on any atom is 0.324 e. The highest BCUT2D eigenvalue weighted by Crippen LogP contribution is 2.56. The summed E-state index contributed by atoms with van der Waals surface area (Å²) in [6.45, 7) is 6.27. The van der Waals surface area contributed by atoms with Crippen molar-refractivity contribution in [1.82, 2.24) is 4.90 Å². The second kappa shape index (κ2) is 8.05. The first-order valence-electron chi connectivity index (χ1n) is 9.62. The van der Waals surface area contributed by atoms with Crippen LogP contribution in [0, 0.1) is 11.3 Å². The molecule has 3 rings (SSSR count). The Morgan fingerprint density at radius 1 is 1.11 bits per heavy atom. The maximum absolute atomic E-state index is 13.4. The lowest BCUT2D eigenvalue weighted by atomic mass is 9.61. The second-order valence-corrected chi connectivity index (χ2v) is 7.34. The molecule has 5 heteroatoms. The van der Waals surface area contributed by atoms with Gasteiger partial charge in [-0.1, -0.05) is 56.3 Å². The van der Waals surface area contributed by atoms with Crippen LogP contribution in [0.25, 0.3) is 0 Å². The number of amides is 1. The molecular weight excluding hydrogens is 354 g/mol. The fourth-order valence-corrected chi connectivity index (χ4v) is 4.07. The zero-order valence-corrected chi connectivity index (χ0v) is 16.8. The van der Waals surface area contributed by atoms with E-state index in [1.54, 1.807) is 18.9 Å². The van der Waals surface area contributed by atoms with Gasteiger partial charge in [-0.15, -0.1) is 0 Å². The molecule has 1 amide bonds. The van der Waals surface area contributed by atoms with Crippen LogP contribution in [0.1, 0.15) is 37.9 Å². The van der Waals surface area contributed by atoms with Crippen LogP contribution in [0.2, 0.25) is 0 Å². The van der Waals surface area contributed by atoms with Gasteiger partial charge in [-0.25, -0.2) is 0 Å². The quantitative estimate of drug-likeness (QED) is 0.413. The van der Waals surface area contributed by atoms with Crippen LogP contribution >= 0.6 is 0 Å². The number of nitrogens with zero attached hydrogens (tertiary/aromatic N) is 1. The zero-order chi connectivity index (χ0) is 20.3. The predicted molar refractivity (Wildman–Crippen MR) is 107 cm³/mol. The number of hydrogen-bond acceptors (Lipinski definition) is 4. The van der Waals surface area contributed by atoms with Gasteiger partial charge in [0.2, 0.25) is 5.91 Å². The lowest BCUT2D eigenvalue weighted by Crippen LogP contribution is -2.68. The molecule has 1 aliphatic heterocycles. The highest BCUT2D eigenvalue weighted by atomic mass is 16.5. The van der Waals surface area contributed by atoms with Crippen molar-refractivity contribution in [2.75, 3.05) is 13.7 Å². The average molecular weight is 381 g/mol. The van der Waals surface area contributed by atoms with E-state index in [1.807, 2.05) is 68.4 Å². The Kier molecular flexibility index (Phi) is 5.73. The van der Waals surface area contributed by atoms with E-state index in [2.05, 4.69) is 0 Å². The summed E-state index contributed by atoms with van der Waals surface area (Å²) in [5, 5.41) is 0. The summed E-state index contributed by atoms with van der Waals surface area (Å²) in [4.78, 5) is 28.1. The summed E-state index contributed by atoms with van der Waals surface area (Å²) in [6.07, 6.45) is 0. The van der Waals surface area contributed by atoms with Crippen LogP contribution in [0.15, 0.2) is 54.6 Å². The van der Waals surface area contributed by atoms with Crippen molar-refractivity contribution in [2.24, 2.45) is 11.3 Å². The molecule has 0 radical (unpaired) electrons. The number of ether oxygens (including phenoxy) is 2. The van der Waals surface area contributed by atoms with Crippen LogP contribution < -0.4 is 4.74 Å². The lowest BCUT2D eigenvalue weighted by molar-refractivity contribution is -0.198. The molecule has 2 aromatic rings. The molecule has 0 unspecified atom stereocenters. The Morgan fingerprint density at radius 2 is 1.75 bits per heavy atom. The van der Waals surface area contributed by atoms with Gasteiger partial charge in [0.05, 0.1) is 19.8 Å². The molecule has 0 aromatic heterocycles. The third kappa shape index (κ3) is 3.15. The van der Waals surface area contributed by atoms with E-state index in [0.29, 0.717) is 6.54 Å². The van der Waals surface area contributed by atoms with Gasteiger partial charge in [0.15, 0.2) is 5.41 Å². The van der Waals surface area contributed by atoms with E-state index >= 15 is 0 Å². The molecular formula is C23H27NO4. The van der Waals surface area contributed by atoms with Gasteiger partial charge < -0.3 is 14.4 Å². The normalized spacial score (nSPS) is 21.4. The smallest absolute Gasteiger partial charge is 0.324 e. The first-order chi connectivity index (χ1) is 13.5. The van der Waals surface area contributed by atoms with Gasteiger partial charge in [0, 0.05) is 6.54 Å². The Hall–Kier alpha value is -2.82. The second-order valence-electron chi connectivity index (χ2n) is 7.34. The summed E-state index contributed by atoms with van der Waals surface area (Å²) in [5.74, 6) is -0.0841. The first-order valence-corrected chi connectivity index (χ1v) is 9.62. The molecule has 1 saturated heterocycles. The van der Waals surface area contributed by atoms with Gasteiger partial charge in [-0.05, 0) is 36.1 Å². The van der Waals surface area contributed by atoms with E-state index < -0.39 is 11.4 Å². The van der Waals surface area contributed by atoms with Crippen molar-refractivity contribution in [3.63, 3.8) is 0 Å². The highest BCUT2D eigenvalue weighted by molar-refractivity contribution is 6.09. The fraction of sp³-hybridized carbons (Fsp3) is 0.391. The topological polar surface area (TPSA) is 55.8 Å². The lowest BCUT2D eigenvalue weighted by Gasteiger charge is -2.56. The minimum Gasteiger partial charge on any atom is -0.497 e. The standard InChI is InChI=1S/C23H27NO4/c1-5-28-22(26)23(16(2)3)20(18-11-13-19(27-4)14-12-18)24(21(23)25)15-17-9-7-6-8-10-17/h6-14,16,20H,5,15H2,1-4H3/t20-,23+/m0/s1. The molecule has 28 heavy (non-hydrogen) atoms. The number of methoxy groups -OCH3 is 1. The van der Waals surface area contributed by atoms with E-state index in [1.165, 1.54) is 0 Å². The Morgan fingerprint density at radius 3 is 2.29 bits per heavy atom. The van der Waals surface area contributed by atoms with Crippen molar-refractivity contribution in [2.45, 2.75) is 33.4 Å². The Balaban J connectivity index is 2.05. The minimum atomic E-state index is -1.21. The molecule has 0 saturated carbocycles. The number of carbonyl (C=O) groups excluding carboxylic acids is 2. The van der Waals surface area contributed by atoms with Crippen LogP contribution in [-0.4, -0.2) is 30.5 Å². The van der Waals surface area contributed by atoms with Crippen LogP contribution in [-0.2, 0) is 20.9 Å². The van der Waals surface area contributed by atoms with Crippen LogP contribution in [0.5, 0.6) is 5.75 Å². The Bertz CT molecular complexity index is 831. The summed E-state index contributed by atoms with van der Waals surface area (Å²) in [5.41, 5.74) is 0.716. The van der Waals surface area contributed by atoms with E-state index in [4.69, 9.17) is 9.47 Å². The molecule has 1 aliphatic rings. The fourth-order valence-electron chi connectivity index (χ4n) is 4.07. The summed E-state index contributed by atoms with van der Waals surface area (Å²) >= 11 is 0. The number of rotatable bonds is 7. The summed E-state index contributed by atoms with van der Waals surface area (Å²) in [6, 6.07) is 17.0. The number of benzene rings is 2. The molecule has 2 atom stereocenters. The van der Waals surface area contributed by atoms with Gasteiger partial charge in [0.1, 0.15) is 5.75 Å². The monoisotopic (exact) mass is 381 g/mol. The molecule has 0 bridgehead atoms. The van der Waals surface area contributed by atoms with Crippen molar-refractivity contribution in [3.05, 3.63) is 65.7 Å². The summed E-state index contributed by atoms with van der Waals surface area (Å²) < 4.78 is 10.6. The predicted octanol–water partition coefficient (Wildman–Crippen LogP) is 3.98. The number of esters is 1. The molecule has 0 spiro atoms. The molecule has 1 heterocycles. The third-order valence-electron chi connectivity index (χ3n) is 5.51. The maximum atomic E-state index is 13.4. The van der Waals surface area contributed by atoms with Crippen molar-refractivity contribution in [1.29, 1.82) is 0 Å². The number of β-lactam (4-membered cyclic amide) rings is 1. The van der Waals surface area contributed by atoms with Crippen molar-refractivity contribution in [3.8, 4) is 5.75 Å². The van der Waals surface area contributed by atoms with E-state index in [0.717, 1.165) is 16.9 Å². The minimum absolute atomic E-state index is 0.175. The van der Waals surface area contributed by atoms with Gasteiger partial charge in [0.25, 0.3) is 0 Å². The summed E-state index contributed by atoms with van der Waals surface area (Å²) in [7, 11) is 1.61. The van der Waals surface area contributed by atoms with Crippen molar-refractivity contribution < 1.29 is 19.1 Å². The van der Waals surface area contributed by atoms with Gasteiger partial charge >= 0.3 is 5.97 Å². The van der Waals surface area contributed by atoms with Gasteiger partial charge in [-0.2, -0.15) is 0 Å². The largest absolute Gasteiger partial charge is 0.497 e. The zero-order valence-electron chi connectivity index (χ0n) is 16.8.